The van der Waals surface area contributed by atoms with Crippen molar-refractivity contribution in [3.63, 3.8) is 0 Å². The van der Waals surface area contributed by atoms with Crippen molar-refractivity contribution in [2.24, 2.45) is 0 Å². The maximum absolute atomic E-state index is 5.90. The molecule has 0 bridgehead atoms. The van der Waals surface area contributed by atoms with E-state index in [2.05, 4.69) is 66.1 Å². The van der Waals surface area contributed by atoms with Crippen LogP contribution in [-0.2, 0) is 12.0 Å². The third kappa shape index (κ3) is 2.75. The molecule has 2 N–H and O–H groups in total. The first-order valence-electron chi connectivity index (χ1n) is 5.94. The second kappa shape index (κ2) is 4.76. The molecule has 4 heteroatoms. The predicted octanol–water partition coefficient (Wildman–Crippen LogP) is 3.57. The number of anilines is 1. The molecule has 2 aromatic rings. The SMILES string of the molecule is CC(C)(C)c1ccc(Cn2ncc(Br)c2N)cc1. The molecule has 0 saturated heterocycles. The highest BCUT2D eigenvalue weighted by Crippen LogP contribution is 2.23. The van der Waals surface area contributed by atoms with Crippen molar-refractivity contribution in [3.05, 3.63) is 46.1 Å². The Morgan fingerprint density at radius 3 is 2.28 bits per heavy atom. The molecule has 0 aliphatic carbocycles. The molecule has 0 radical (unpaired) electrons. The number of nitrogens with zero attached hydrogens (tertiary/aromatic N) is 2. The van der Waals surface area contributed by atoms with Crippen molar-refractivity contribution in [3.8, 4) is 0 Å². The first-order valence-corrected chi connectivity index (χ1v) is 6.73. The van der Waals surface area contributed by atoms with Crippen molar-refractivity contribution >= 4 is 21.7 Å². The van der Waals surface area contributed by atoms with Crippen LogP contribution >= 0.6 is 15.9 Å². The lowest BCUT2D eigenvalue weighted by molar-refractivity contribution is 0.589. The van der Waals surface area contributed by atoms with E-state index in [1.165, 1.54) is 11.1 Å². The zero-order chi connectivity index (χ0) is 13.3. The van der Waals surface area contributed by atoms with E-state index in [9.17, 15) is 0 Å². The maximum Gasteiger partial charge on any atom is 0.136 e. The number of hydrogen-bond acceptors (Lipinski definition) is 2. The standard InChI is InChI=1S/C14H18BrN3/c1-14(2,3)11-6-4-10(5-7-11)9-18-13(16)12(15)8-17-18/h4-8H,9,16H2,1-3H3. The van der Waals surface area contributed by atoms with Gasteiger partial charge >= 0.3 is 0 Å². The molecule has 0 fully saturated rings. The Kier molecular flexibility index (Phi) is 3.48. The van der Waals surface area contributed by atoms with Crippen LogP contribution in [0.3, 0.4) is 0 Å². The molecule has 2 rings (SSSR count). The quantitative estimate of drug-likeness (QED) is 0.921. The predicted molar refractivity (Wildman–Crippen MR) is 78.6 cm³/mol. The normalized spacial score (nSPS) is 11.8. The minimum Gasteiger partial charge on any atom is -0.383 e. The smallest absolute Gasteiger partial charge is 0.136 e. The van der Waals surface area contributed by atoms with E-state index in [0.29, 0.717) is 12.4 Å². The highest BCUT2D eigenvalue weighted by molar-refractivity contribution is 9.10. The van der Waals surface area contributed by atoms with Crippen LogP contribution in [0.1, 0.15) is 31.9 Å². The van der Waals surface area contributed by atoms with Gasteiger partial charge in [0.25, 0.3) is 0 Å². The van der Waals surface area contributed by atoms with E-state index in [1.54, 1.807) is 10.9 Å². The Morgan fingerprint density at radius 2 is 1.83 bits per heavy atom. The summed E-state index contributed by atoms with van der Waals surface area (Å²) in [4.78, 5) is 0. The topological polar surface area (TPSA) is 43.8 Å². The Hall–Kier alpha value is -1.29. The minimum atomic E-state index is 0.187. The van der Waals surface area contributed by atoms with Gasteiger partial charge in [0, 0.05) is 0 Å². The lowest BCUT2D eigenvalue weighted by Crippen LogP contribution is -2.11. The van der Waals surface area contributed by atoms with Crippen LogP contribution in [0.5, 0.6) is 0 Å². The van der Waals surface area contributed by atoms with Crippen LogP contribution in [0.4, 0.5) is 5.82 Å². The van der Waals surface area contributed by atoms with Gasteiger partial charge < -0.3 is 5.73 Å². The molecular formula is C14H18BrN3. The monoisotopic (exact) mass is 307 g/mol. The van der Waals surface area contributed by atoms with E-state index < -0.39 is 0 Å². The van der Waals surface area contributed by atoms with Crippen molar-refractivity contribution in [2.75, 3.05) is 5.73 Å². The van der Waals surface area contributed by atoms with Gasteiger partial charge in [-0.1, -0.05) is 45.0 Å². The fourth-order valence-electron chi connectivity index (χ4n) is 1.78. The van der Waals surface area contributed by atoms with E-state index in [4.69, 9.17) is 5.73 Å². The van der Waals surface area contributed by atoms with Gasteiger partial charge in [-0.15, -0.1) is 0 Å². The lowest BCUT2D eigenvalue weighted by Gasteiger charge is -2.19. The molecule has 0 spiro atoms. The second-order valence-corrected chi connectivity index (χ2v) is 6.34. The number of aromatic nitrogens is 2. The molecule has 0 unspecified atom stereocenters. The molecule has 0 aliphatic heterocycles. The summed E-state index contributed by atoms with van der Waals surface area (Å²) in [5.41, 5.74) is 8.62. The van der Waals surface area contributed by atoms with Crippen molar-refractivity contribution < 1.29 is 0 Å². The summed E-state index contributed by atoms with van der Waals surface area (Å²) in [5.74, 6) is 0.662. The van der Waals surface area contributed by atoms with Gasteiger partial charge in [0.15, 0.2) is 0 Å². The summed E-state index contributed by atoms with van der Waals surface area (Å²) in [6.07, 6.45) is 1.72. The zero-order valence-corrected chi connectivity index (χ0v) is 12.5. The van der Waals surface area contributed by atoms with Crippen LogP contribution < -0.4 is 5.73 Å². The third-order valence-electron chi connectivity index (χ3n) is 2.99. The number of halogens is 1. The Morgan fingerprint density at radius 1 is 1.22 bits per heavy atom. The number of nitrogens with two attached hydrogens (primary N) is 1. The highest BCUT2D eigenvalue weighted by atomic mass is 79.9. The summed E-state index contributed by atoms with van der Waals surface area (Å²) in [6, 6.07) is 8.61. The molecule has 1 heterocycles. The van der Waals surface area contributed by atoms with E-state index in [1.807, 2.05) is 0 Å². The number of nitrogen functional groups attached to an aromatic ring is 1. The molecular weight excluding hydrogens is 290 g/mol. The number of benzene rings is 1. The van der Waals surface area contributed by atoms with Gasteiger partial charge in [-0.25, -0.2) is 4.68 Å². The number of hydrogen-bond donors (Lipinski definition) is 1. The van der Waals surface area contributed by atoms with Gasteiger partial charge in [-0.2, -0.15) is 5.10 Å². The first kappa shape index (κ1) is 13.1. The average Bonchev–Trinajstić information content (AvgIpc) is 2.61. The van der Waals surface area contributed by atoms with Gasteiger partial charge in [0.05, 0.1) is 17.2 Å². The molecule has 1 aromatic carbocycles. The lowest BCUT2D eigenvalue weighted by atomic mass is 9.87. The largest absolute Gasteiger partial charge is 0.383 e. The summed E-state index contributed by atoms with van der Waals surface area (Å²) in [7, 11) is 0. The van der Waals surface area contributed by atoms with Crippen molar-refractivity contribution in [1.82, 2.24) is 9.78 Å². The minimum absolute atomic E-state index is 0.187. The van der Waals surface area contributed by atoms with Gasteiger partial charge in [-0.05, 0) is 32.5 Å². The molecule has 0 atom stereocenters. The van der Waals surface area contributed by atoms with Gasteiger partial charge in [-0.3, -0.25) is 0 Å². The molecule has 0 saturated carbocycles. The summed E-state index contributed by atoms with van der Waals surface area (Å²) >= 11 is 3.36. The summed E-state index contributed by atoms with van der Waals surface area (Å²) in [5, 5.41) is 4.23. The van der Waals surface area contributed by atoms with E-state index >= 15 is 0 Å². The van der Waals surface area contributed by atoms with Crippen LogP contribution in [0.25, 0.3) is 0 Å². The van der Waals surface area contributed by atoms with Gasteiger partial charge in [0.2, 0.25) is 0 Å². The molecule has 0 amide bonds. The van der Waals surface area contributed by atoms with Gasteiger partial charge in [0.1, 0.15) is 5.82 Å². The molecule has 18 heavy (non-hydrogen) atoms. The fourth-order valence-corrected chi connectivity index (χ4v) is 2.08. The highest BCUT2D eigenvalue weighted by Gasteiger charge is 2.13. The molecule has 96 valence electrons. The second-order valence-electron chi connectivity index (χ2n) is 5.48. The average molecular weight is 308 g/mol. The molecule has 1 aromatic heterocycles. The Labute approximate surface area is 116 Å². The van der Waals surface area contributed by atoms with Crippen LogP contribution in [0, 0.1) is 0 Å². The zero-order valence-electron chi connectivity index (χ0n) is 10.9. The summed E-state index contributed by atoms with van der Waals surface area (Å²) in [6.45, 7) is 7.34. The van der Waals surface area contributed by atoms with Crippen molar-refractivity contribution in [2.45, 2.75) is 32.7 Å². The summed E-state index contributed by atoms with van der Waals surface area (Å²) < 4.78 is 2.63. The molecule has 3 nitrogen and oxygen atoms in total. The molecule has 0 aliphatic rings. The van der Waals surface area contributed by atoms with E-state index in [0.717, 1.165) is 4.47 Å². The van der Waals surface area contributed by atoms with Crippen LogP contribution in [0.15, 0.2) is 34.9 Å². The Bertz CT molecular complexity index is 535. The first-order chi connectivity index (χ1) is 8.38. The Balaban J connectivity index is 2.19. The number of rotatable bonds is 2. The fraction of sp³-hybridized carbons (Fsp3) is 0.357. The van der Waals surface area contributed by atoms with Crippen molar-refractivity contribution in [1.29, 1.82) is 0 Å². The van der Waals surface area contributed by atoms with E-state index in [-0.39, 0.29) is 5.41 Å². The van der Waals surface area contributed by atoms with Crippen LogP contribution in [-0.4, -0.2) is 9.78 Å². The maximum atomic E-state index is 5.90. The third-order valence-corrected chi connectivity index (χ3v) is 3.60. The van der Waals surface area contributed by atoms with Crippen LogP contribution in [0.2, 0.25) is 0 Å².